The van der Waals surface area contributed by atoms with Crippen molar-refractivity contribution in [2.24, 2.45) is 5.73 Å². The zero-order chi connectivity index (χ0) is 13.0. The van der Waals surface area contributed by atoms with Gasteiger partial charge in [-0.25, -0.2) is 0 Å². The number of nitrogens with two attached hydrogens (primary N) is 1. The molecule has 0 aromatic carbocycles. The van der Waals surface area contributed by atoms with E-state index in [0.29, 0.717) is 13.2 Å². The van der Waals surface area contributed by atoms with Crippen molar-refractivity contribution in [1.82, 2.24) is 4.90 Å². The number of thioether (sulfide) groups is 1. The van der Waals surface area contributed by atoms with Gasteiger partial charge in [0.15, 0.2) is 0 Å². The van der Waals surface area contributed by atoms with Crippen LogP contribution in [0.25, 0.3) is 0 Å². The van der Waals surface area contributed by atoms with Crippen molar-refractivity contribution >= 4 is 17.7 Å². The predicted octanol–water partition coefficient (Wildman–Crippen LogP) is 1.24. The van der Waals surface area contributed by atoms with E-state index in [-0.39, 0.29) is 24.1 Å². The summed E-state index contributed by atoms with van der Waals surface area (Å²) >= 11 is 1.74. The Hall–Kier alpha value is -0.260. The quantitative estimate of drug-likeness (QED) is 0.836. The normalized spacial score (nSPS) is 29.8. The van der Waals surface area contributed by atoms with Crippen LogP contribution in [0.2, 0.25) is 0 Å². The summed E-state index contributed by atoms with van der Waals surface area (Å²) < 4.78 is 5.78. The number of rotatable bonds is 4. The van der Waals surface area contributed by atoms with Gasteiger partial charge in [0, 0.05) is 6.54 Å². The molecule has 1 saturated heterocycles. The summed E-state index contributed by atoms with van der Waals surface area (Å²) in [6.45, 7) is 1.38. The number of fused-ring (bicyclic) bond motifs is 1. The van der Waals surface area contributed by atoms with Gasteiger partial charge in [-0.15, -0.1) is 0 Å². The Morgan fingerprint density at radius 3 is 3.06 bits per heavy atom. The summed E-state index contributed by atoms with van der Waals surface area (Å²) in [4.78, 5) is 14.4. The molecule has 1 amide bonds. The lowest BCUT2D eigenvalue weighted by Gasteiger charge is -2.44. The van der Waals surface area contributed by atoms with Crippen LogP contribution in [0.4, 0.5) is 0 Å². The van der Waals surface area contributed by atoms with Gasteiger partial charge in [-0.2, -0.15) is 11.8 Å². The first kappa shape index (κ1) is 14.2. The third-order valence-corrected chi connectivity index (χ3v) is 4.61. The van der Waals surface area contributed by atoms with Gasteiger partial charge in [0.1, 0.15) is 0 Å². The minimum atomic E-state index is -0.335. The summed E-state index contributed by atoms with van der Waals surface area (Å²) in [6.07, 6.45) is 7.66. The molecule has 104 valence electrons. The van der Waals surface area contributed by atoms with Crippen LogP contribution in [0.15, 0.2) is 0 Å². The first-order valence-electron chi connectivity index (χ1n) is 6.90. The molecule has 0 aromatic heterocycles. The Morgan fingerprint density at radius 1 is 1.50 bits per heavy atom. The van der Waals surface area contributed by atoms with Gasteiger partial charge in [0.05, 0.1) is 24.8 Å². The number of amides is 1. The van der Waals surface area contributed by atoms with Crippen LogP contribution in [-0.2, 0) is 9.53 Å². The van der Waals surface area contributed by atoms with Crippen molar-refractivity contribution in [3.05, 3.63) is 0 Å². The maximum Gasteiger partial charge on any atom is 0.239 e. The molecule has 18 heavy (non-hydrogen) atoms. The Kier molecular flexibility index (Phi) is 5.33. The largest absolute Gasteiger partial charge is 0.374 e. The number of hydrogen-bond acceptors (Lipinski definition) is 4. The Labute approximate surface area is 114 Å². The third-order valence-electron chi connectivity index (χ3n) is 3.97. The first-order chi connectivity index (χ1) is 8.74. The first-order valence-corrected chi connectivity index (χ1v) is 8.30. The topological polar surface area (TPSA) is 55.6 Å². The van der Waals surface area contributed by atoms with E-state index in [1.54, 1.807) is 11.8 Å². The lowest BCUT2D eigenvalue weighted by molar-refractivity contribution is -0.150. The van der Waals surface area contributed by atoms with Crippen LogP contribution in [0, 0.1) is 0 Å². The fourth-order valence-electron chi connectivity index (χ4n) is 2.95. The summed E-state index contributed by atoms with van der Waals surface area (Å²) in [5.41, 5.74) is 6.01. The molecule has 1 heterocycles. The highest BCUT2D eigenvalue weighted by Crippen LogP contribution is 2.28. The number of nitrogens with zero attached hydrogens (tertiary/aromatic N) is 1. The van der Waals surface area contributed by atoms with Gasteiger partial charge in [0.2, 0.25) is 5.91 Å². The molecule has 5 heteroatoms. The van der Waals surface area contributed by atoms with E-state index >= 15 is 0 Å². The highest BCUT2D eigenvalue weighted by atomic mass is 32.2. The van der Waals surface area contributed by atoms with Gasteiger partial charge in [0.25, 0.3) is 0 Å². The van der Waals surface area contributed by atoms with Crippen LogP contribution in [0.5, 0.6) is 0 Å². The van der Waals surface area contributed by atoms with E-state index < -0.39 is 0 Å². The molecule has 1 aliphatic carbocycles. The molecule has 1 saturated carbocycles. The Balaban J connectivity index is 1.95. The SMILES string of the molecule is CSCC[C@H](N)C(=O)N1CCOC2CCCCC21. The number of carbonyl (C=O) groups is 1. The van der Waals surface area contributed by atoms with Gasteiger partial charge < -0.3 is 15.4 Å². The van der Waals surface area contributed by atoms with E-state index in [9.17, 15) is 4.79 Å². The maximum atomic E-state index is 12.4. The lowest BCUT2D eigenvalue weighted by Crippen LogP contribution is -2.58. The molecule has 2 unspecified atom stereocenters. The average Bonchev–Trinajstić information content (AvgIpc) is 2.43. The molecule has 0 bridgehead atoms. The van der Waals surface area contributed by atoms with Crippen molar-refractivity contribution < 1.29 is 9.53 Å². The summed E-state index contributed by atoms with van der Waals surface area (Å²) in [6, 6.07) is -0.0570. The van der Waals surface area contributed by atoms with E-state index in [1.807, 2.05) is 11.2 Å². The second-order valence-corrected chi connectivity index (χ2v) is 6.17. The van der Waals surface area contributed by atoms with Crippen LogP contribution < -0.4 is 5.73 Å². The minimum absolute atomic E-state index is 0.129. The standard InChI is InChI=1S/C13H24N2O2S/c1-18-9-6-10(14)13(16)15-7-8-17-12-5-3-2-4-11(12)15/h10-12H,2-9,14H2,1H3/t10-,11?,12?/m0/s1. The highest BCUT2D eigenvalue weighted by molar-refractivity contribution is 7.98. The predicted molar refractivity (Wildman–Crippen MR) is 74.7 cm³/mol. The van der Waals surface area contributed by atoms with Gasteiger partial charge in [-0.1, -0.05) is 12.8 Å². The Bertz CT molecular complexity index is 286. The Morgan fingerprint density at radius 2 is 2.28 bits per heavy atom. The summed E-state index contributed by atoms with van der Waals surface area (Å²) in [5, 5.41) is 0. The fraction of sp³-hybridized carbons (Fsp3) is 0.923. The molecule has 2 rings (SSSR count). The van der Waals surface area contributed by atoms with Crippen molar-refractivity contribution in [2.75, 3.05) is 25.2 Å². The average molecular weight is 272 g/mol. The lowest BCUT2D eigenvalue weighted by atomic mass is 9.89. The molecule has 0 aromatic rings. The monoisotopic (exact) mass is 272 g/mol. The van der Waals surface area contributed by atoms with Gasteiger partial charge in [-0.05, 0) is 31.3 Å². The van der Waals surface area contributed by atoms with Crippen LogP contribution in [0.1, 0.15) is 32.1 Å². The van der Waals surface area contributed by atoms with Crippen LogP contribution >= 0.6 is 11.8 Å². The zero-order valence-electron chi connectivity index (χ0n) is 11.1. The second kappa shape index (κ2) is 6.78. The number of morpholine rings is 1. The zero-order valence-corrected chi connectivity index (χ0v) is 12.0. The molecular formula is C13H24N2O2S. The van der Waals surface area contributed by atoms with Crippen LogP contribution in [-0.4, -0.2) is 54.2 Å². The molecule has 2 N–H and O–H groups in total. The van der Waals surface area contributed by atoms with Crippen molar-refractivity contribution in [2.45, 2.75) is 50.3 Å². The minimum Gasteiger partial charge on any atom is -0.374 e. The maximum absolute atomic E-state index is 12.4. The summed E-state index contributed by atoms with van der Waals surface area (Å²) in [7, 11) is 0. The molecule has 1 aliphatic heterocycles. The van der Waals surface area contributed by atoms with Crippen molar-refractivity contribution in [1.29, 1.82) is 0 Å². The molecular weight excluding hydrogens is 248 g/mol. The van der Waals surface area contributed by atoms with Crippen LogP contribution in [0.3, 0.4) is 0 Å². The molecule has 3 atom stereocenters. The van der Waals surface area contributed by atoms with Crippen molar-refractivity contribution in [3.8, 4) is 0 Å². The summed E-state index contributed by atoms with van der Waals surface area (Å²) in [5.74, 6) is 1.08. The number of hydrogen-bond donors (Lipinski definition) is 1. The second-order valence-electron chi connectivity index (χ2n) is 5.18. The third kappa shape index (κ3) is 3.19. The highest BCUT2D eigenvalue weighted by Gasteiger charge is 2.37. The van der Waals surface area contributed by atoms with Crippen molar-refractivity contribution in [3.63, 3.8) is 0 Å². The molecule has 0 radical (unpaired) electrons. The molecule has 4 nitrogen and oxygen atoms in total. The van der Waals surface area contributed by atoms with E-state index in [1.165, 1.54) is 12.8 Å². The molecule has 2 fully saturated rings. The van der Waals surface area contributed by atoms with Gasteiger partial charge >= 0.3 is 0 Å². The van der Waals surface area contributed by atoms with E-state index in [0.717, 1.165) is 25.0 Å². The molecule has 0 spiro atoms. The van der Waals surface area contributed by atoms with Gasteiger partial charge in [-0.3, -0.25) is 4.79 Å². The van der Waals surface area contributed by atoms with E-state index in [4.69, 9.17) is 10.5 Å². The number of ether oxygens (including phenoxy) is 1. The molecule has 2 aliphatic rings. The smallest absolute Gasteiger partial charge is 0.239 e. The fourth-order valence-corrected chi connectivity index (χ4v) is 3.44. The van der Waals surface area contributed by atoms with E-state index in [2.05, 4.69) is 0 Å². The number of carbonyl (C=O) groups excluding carboxylic acids is 1.